The Labute approximate surface area is 184 Å². The number of rotatable bonds is 7. The van der Waals surface area contributed by atoms with Gasteiger partial charge in [-0.2, -0.15) is 0 Å². The van der Waals surface area contributed by atoms with Gasteiger partial charge in [0.2, 0.25) is 5.91 Å². The van der Waals surface area contributed by atoms with Crippen LogP contribution in [0.15, 0.2) is 71.6 Å². The van der Waals surface area contributed by atoms with E-state index in [0.717, 1.165) is 0 Å². The zero-order valence-electron chi connectivity index (χ0n) is 16.3. The zero-order valence-corrected chi connectivity index (χ0v) is 17.8. The van der Waals surface area contributed by atoms with Gasteiger partial charge in [0.15, 0.2) is 0 Å². The number of carbonyl (C=O) groups is 2. The van der Waals surface area contributed by atoms with E-state index in [9.17, 15) is 18.0 Å². The van der Waals surface area contributed by atoms with Gasteiger partial charge in [-0.15, -0.1) is 0 Å². The van der Waals surface area contributed by atoms with E-state index < -0.39 is 21.8 Å². The Hall–Kier alpha value is -3.56. The molecule has 0 saturated carbocycles. The third kappa shape index (κ3) is 5.33. The second-order valence-corrected chi connectivity index (χ2v) is 8.49. The third-order valence-corrected chi connectivity index (χ3v) is 5.84. The van der Waals surface area contributed by atoms with Crippen molar-refractivity contribution in [2.45, 2.75) is 4.90 Å². The molecule has 3 rings (SSSR count). The van der Waals surface area contributed by atoms with Gasteiger partial charge in [0.05, 0.1) is 17.7 Å². The fraction of sp³-hybridized carbons (Fsp3) is 0.0476. The molecule has 0 aliphatic rings. The van der Waals surface area contributed by atoms with Crippen LogP contribution in [-0.4, -0.2) is 27.3 Å². The topological polar surface area (TPSA) is 128 Å². The van der Waals surface area contributed by atoms with E-state index in [0.29, 0.717) is 22.0 Å². The highest BCUT2D eigenvalue weighted by Gasteiger charge is 2.19. The highest BCUT2D eigenvalue weighted by molar-refractivity contribution is 7.92. The third-order valence-electron chi connectivity index (χ3n) is 4.24. The van der Waals surface area contributed by atoms with Gasteiger partial charge in [0.1, 0.15) is 5.75 Å². The van der Waals surface area contributed by atoms with Crippen molar-refractivity contribution >= 4 is 44.8 Å². The van der Waals surface area contributed by atoms with Crippen LogP contribution in [0.2, 0.25) is 5.02 Å². The minimum absolute atomic E-state index is 0.119. The maximum Gasteiger partial charge on any atom is 0.262 e. The molecule has 0 saturated heterocycles. The molecule has 31 heavy (non-hydrogen) atoms. The average Bonchev–Trinajstić information content (AvgIpc) is 2.74. The molecule has 0 heterocycles. The van der Waals surface area contributed by atoms with E-state index in [1.807, 2.05) is 0 Å². The number of methoxy groups -OCH3 is 1. The van der Waals surface area contributed by atoms with E-state index in [-0.39, 0.29) is 16.1 Å². The first kappa shape index (κ1) is 22.1. The van der Waals surface area contributed by atoms with Crippen molar-refractivity contribution in [2.75, 3.05) is 17.1 Å². The van der Waals surface area contributed by atoms with Gasteiger partial charge in [-0.1, -0.05) is 17.7 Å². The molecule has 0 aliphatic heterocycles. The number of benzene rings is 3. The molecule has 0 aromatic heterocycles. The van der Waals surface area contributed by atoms with Crippen molar-refractivity contribution in [3.8, 4) is 5.75 Å². The zero-order chi connectivity index (χ0) is 22.6. The first-order valence-electron chi connectivity index (χ1n) is 8.87. The van der Waals surface area contributed by atoms with Gasteiger partial charge in [-0.25, -0.2) is 8.42 Å². The molecule has 160 valence electrons. The Balaban J connectivity index is 1.82. The van der Waals surface area contributed by atoms with Crippen LogP contribution in [0.1, 0.15) is 20.7 Å². The lowest BCUT2D eigenvalue weighted by molar-refractivity contribution is 0.0998. The molecule has 8 nitrogen and oxygen atoms in total. The lowest BCUT2D eigenvalue weighted by Gasteiger charge is -2.13. The number of anilines is 2. The maximum absolute atomic E-state index is 12.8. The lowest BCUT2D eigenvalue weighted by Crippen LogP contribution is -2.16. The normalized spacial score (nSPS) is 10.9. The van der Waals surface area contributed by atoms with Crippen molar-refractivity contribution in [2.24, 2.45) is 5.73 Å². The van der Waals surface area contributed by atoms with E-state index in [1.165, 1.54) is 67.8 Å². The fourth-order valence-electron chi connectivity index (χ4n) is 2.69. The van der Waals surface area contributed by atoms with Crippen molar-refractivity contribution < 1.29 is 22.7 Å². The van der Waals surface area contributed by atoms with Crippen LogP contribution in [0.5, 0.6) is 5.75 Å². The molecule has 0 bridgehead atoms. The highest BCUT2D eigenvalue weighted by Crippen LogP contribution is 2.30. The van der Waals surface area contributed by atoms with Gasteiger partial charge >= 0.3 is 0 Å². The maximum atomic E-state index is 12.8. The van der Waals surface area contributed by atoms with Gasteiger partial charge in [-0.05, 0) is 60.7 Å². The van der Waals surface area contributed by atoms with Crippen molar-refractivity contribution in [3.63, 3.8) is 0 Å². The quantitative estimate of drug-likeness (QED) is 0.498. The minimum atomic E-state index is -4.03. The Kier molecular flexibility index (Phi) is 6.47. The molecule has 0 atom stereocenters. The Bertz CT molecular complexity index is 1240. The smallest absolute Gasteiger partial charge is 0.262 e. The Morgan fingerprint density at radius 1 is 0.968 bits per heavy atom. The standard InChI is InChI=1S/C21H18ClN3O5S/c1-30-19-10-7-15(22)12-18(19)25-31(28,29)17-4-2-3-14(11-17)21(27)24-16-8-5-13(6-9-16)20(23)26/h2-12,25H,1H3,(H2,23,26)(H,24,27). The Morgan fingerprint density at radius 2 is 1.68 bits per heavy atom. The molecule has 4 N–H and O–H groups in total. The molecule has 0 aliphatic carbocycles. The SMILES string of the molecule is COc1ccc(Cl)cc1NS(=O)(=O)c1cccc(C(=O)Nc2ccc(C(N)=O)cc2)c1. The molecular formula is C21H18ClN3O5S. The summed E-state index contributed by atoms with van der Waals surface area (Å²) < 4.78 is 33.2. The summed E-state index contributed by atoms with van der Waals surface area (Å²) >= 11 is 5.95. The number of nitrogens with two attached hydrogens (primary N) is 1. The molecular weight excluding hydrogens is 442 g/mol. The summed E-state index contributed by atoms with van der Waals surface area (Å²) in [5.41, 5.74) is 6.20. The molecule has 0 radical (unpaired) electrons. The molecule has 0 unspecified atom stereocenters. The summed E-state index contributed by atoms with van der Waals surface area (Å²) in [6.07, 6.45) is 0. The van der Waals surface area contributed by atoms with Crippen LogP contribution >= 0.6 is 11.6 Å². The molecule has 3 aromatic carbocycles. The highest BCUT2D eigenvalue weighted by atomic mass is 35.5. The molecule has 3 aromatic rings. The van der Waals surface area contributed by atoms with Crippen molar-refractivity contribution in [1.82, 2.24) is 0 Å². The van der Waals surface area contributed by atoms with Crippen LogP contribution in [0.25, 0.3) is 0 Å². The first-order chi connectivity index (χ1) is 14.7. The number of halogens is 1. The van der Waals surface area contributed by atoms with Gasteiger partial charge in [0.25, 0.3) is 15.9 Å². The summed E-state index contributed by atoms with van der Waals surface area (Å²) in [7, 11) is -2.62. The number of nitrogens with one attached hydrogen (secondary N) is 2. The summed E-state index contributed by atoms with van der Waals surface area (Å²) in [6, 6.07) is 16.0. The van der Waals surface area contributed by atoms with Crippen LogP contribution in [0.3, 0.4) is 0 Å². The van der Waals surface area contributed by atoms with E-state index in [2.05, 4.69) is 10.0 Å². The van der Waals surface area contributed by atoms with Crippen LogP contribution in [-0.2, 0) is 10.0 Å². The fourth-order valence-corrected chi connectivity index (χ4v) is 3.97. The number of primary amides is 1. The molecule has 0 fully saturated rings. The molecule has 0 spiro atoms. The second-order valence-electron chi connectivity index (χ2n) is 6.37. The summed E-state index contributed by atoms with van der Waals surface area (Å²) in [5, 5.41) is 2.96. The number of ether oxygens (including phenoxy) is 1. The summed E-state index contributed by atoms with van der Waals surface area (Å²) in [6.45, 7) is 0. The van der Waals surface area contributed by atoms with E-state index in [4.69, 9.17) is 22.1 Å². The van der Waals surface area contributed by atoms with Crippen molar-refractivity contribution in [3.05, 3.63) is 82.9 Å². The predicted octanol–water partition coefficient (Wildman–Crippen LogP) is 3.50. The lowest BCUT2D eigenvalue weighted by atomic mass is 10.2. The van der Waals surface area contributed by atoms with Gasteiger partial charge in [0, 0.05) is 21.8 Å². The van der Waals surface area contributed by atoms with E-state index in [1.54, 1.807) is 6.07 Å². The Morgan fingerprint density at radius 3 is 2.32 bits per heavy atom. The number of hydrogen-bond acceptors (Lipinski definition) is 5. The number of sulfonamides is 1. The average molecular weight is 460 g/mol. The van der Waals surface area contributed by atoms with Crippen molar-refractivity contribution in [1.29, 1.82) is 0 Å². The minimum Gasteiger partial charge on any atom is -0.495 e. The number of carbonyl (C=O) groups excluding carboxylic acids is 2. The second kappa shape index (κ2) is 9.07. The van der Waals surface area contributed by atoms with Gasteiger partial charge < -0.3 is 15.8 Å². The van der Waals surface area contributed by atoms with Gasteiger partial charge in [-0.3, -0.25) is 14.3 Å². The first-order valence-corrected chi connectivity index (χ1v) is 10.7. The largest absolute Gasteiger partial charge is 0.495 e. The molecule has 2 amide bonds. The van der Waals surface area contributed by atoms with Crippen LogP contribution < -0.4 is 20.5 Å². The number of amides is 2. The predicted molar refractivity (Wildman–Crippen MR) is 118 cm³/mol. The van der Waals surface area contributed by atoms with Crippen LogP contribution in [0.4, 0.5) is 11.4 Å². The van der Waals surface area contributed by atoms with E-state index >= 15 is 0 Å². The van der Waals surface area contributed by atoms with Crippen LogP contribution in [0, 0.1) is 0 Å². The number of hydrogen-bond donors (Lipinski definition) is 3. The molecule has 10 heteroatoms. The summed E-state index contributed by atoms with van der Waals surface area (Å²) in [4.78, 5) is 23.6. The monoisotopic (exact) mass is 459 g/mol. The summed E-state index contributed by atoms with van der Waals surface area (Å²) in [5.74, 6) is -0.815.